The van der Waals surface area contributed by atoms with Gasteiger partial charge in [0.05, 0.1) is 4.92 Å². The third kappa shape index (κ3) is 3.27. The molecule has 0 unspecified atom stereocenters. The number of hydrogen-bond acceptors (Lipinski definition) is 3. The smallest absolute Gasteiger partial charge is 0.285 e. The van der Waals surface area contributed by atoms with Gasteiger partial charge in [0, 0.05) is 11.1 Å². The minimum Gasteiger partial charge on any atom is -0.347 e. The van der Waals surface area contributed by atoms with Gasteiger partial charge in [0.15, 0.2) is 0 Å². The first-order valence-electron chi connectivity index (χ1n) is 5.29. The van der Waals surface area contributed by atoms with Crippen molar-refractivity contribution in [2.24, 2.45) is 0 Å². The molecule has 1 amide bonds. The predicted octanol–water partition coefficient (Wildman–Crippen LogP) is 2.43. The quantitative estimate of drug-likeness (QED) is 0.633. The van der Waals surface area contributed by atoms with Gasteiger partial charge in [-0.15, -0.1) is 0 Å². The van der Waals surface area contributed by atoms with Crippen LogP contribution in [0.3, 0.4) is 0 Å². The lowest BCUT2D eigenvalue weighted by atomic mass is 10.0. The molecule has 1 N–H and O–H groups in total. The van der Waals surface area contributed by atoms with Gasteiger partial charge in [-0.3, -0.25) is 14.9 Å². The number of nitrogens with zero attached hydrogens (tertiary/aromatic N) is 1. The van der Waals surface area contributed by atoms with E-state index in [1.807, 2.05) is 20.8 Å². The molecule has 0 bridgehead atoms. The molecule has 0 saturated heterocycles. The Morgan fingerprint density at radius 2 is 1.94 bits per heavy atom. The zero-order chi connectivity index (χ0) is 13.2. The second-order valence-electron chi connectivity index (χ2n) is 4.93. The molecule has 0 fully saturated rings. The molecule has 1 rings (SSSR count). The molecule has 0 aromatic heterocycles. The van der Waals surface area contributed by atoms with Crippen LogP contribution in [0.1, 0.15) is 36.7 Å². The van der Waals surface area contributed by atoms with Gasteiger partial charge in [0.1, 0.15) is 5.56 Å². The van der Waals surface area contributed by atoms with Crippen LogP contribution >= 0.6 is 0 Å². The van der Waals surface area contributed by atoms with Crippen LogP contribution in [0, 0.1) is 17.0 Å². The lowest BCUT2D eigenvalue weighted by Crippen LogP contribution is -2.40. The van der Waals surface area contributed by atoms with Gasteiger partial charge in [0.25, 0.3) is 11.6 Å². The van der Waals surface area contributed by atoms with E-state index in [9.17, 15) is 14.9 Å². The molecule has 5 heteroatoms. The molecule has 0 aliphatic carbocycles. The topological polar surface area (TPSA) is 72.2 Å². The van der Waals surface area contributed by atoms with Crippen molar-refractivity contribution >= 4 is 11.6 Å². The molecule has 92 valence electrons. The average Bonchev–Trinajstić information content (AvgIpc) is 2.13. The highest BCUT2D eigenvalue weighted by atomic mass is 16.6. The van der Waals surface area contributed by atoms with Gasteiger partial charge in [-0.1, -0.05) is 12.1 Å². The highest BCUT2D eigenvalue weighted by molar-refractivity contribution is 5.99. The molecule has 5 nitrogen and oxygen atoms in total. The summed E-state index contributed by atoms with van der Waals surface area (Å²) in [5.41, 5.74) is 0.0325. The van der Waals surface area contributed by atoms with E-state index in [1.165, 1.54) is 6.07 Å². The van der Waals surface area contributed by atoms with Crippen LogP contribution in [0.25, 0.3) is 0 Å². The second-order valence-corrected chi connectivity index (χ2v) is 4.93. The SMILES string of the molecule is Cc1cccc(C(=O)NC(C)(C)C)c1[N+](=O)[O-]. The molecule has 0 aliphatic rings. The number of amides is 1. The minimum atomic E-state index is -0.521. The first-order chi connectivity index (χ1) is 7.72. The van der Waals surface area contributed by atoms with Gasteiger partial charge in [-0.2, -0.15) is 0 Å². The van der Waals surface area contributed by atoms with Gasteiger partial charge >= 0.3 is 0 Å². The van der Waals surface area contributed by atoms with E-state index in [4.69, 9.17) is 0 Å². The Balaban J connectivity index is 3.19. The van der Waals surface area contributed by atoms with Crippen LogP contribution in [0.4, 0.5) is 5.69 Å². The van der Waals surface area contributed by atoms with Crippen LogP contribution in [-0.4, -0.2) is 16.4 Å². The molecule has 17 heavy (non-hydrogen) atoms. The van der Waals surface area contributed by atoms with Gasteiger partial charge in [-0.25, -0.2) is 0 Å². The fourth-order valence-corrected chi connectivity index (χ4v) is 1.49. The predicted molar refractivity (Wildman–Crippen MR) is 65.1 cm³/mol. The molecule has 1 aromatic rings. The molecule has 0 radical (unpaired) electrons. The minimum absolute atomic E-state index is 0.102. The monoisotopic (exact) mass is 236 g/mol. The van der Waals surface area contributed by atoms with Gasteiger partial charge < -0.3 is 5.32 Å². The largest absolute Gasteiger partial charge is 0.347 e. The maximum Gasteiger partial charge on any atom is 0.285 e. The fraction of sp³-hybridized carbons (Fsp3) is 0.417. The van der Waals surface area contributed by atoms with E-state index in [0.717, 1.165) is 0 Å². The lowest BCUT2D eigenvalue weighted by Gasteiger charge is -2.20. The Labute approximate surface area is 100.0 Å². The van der Waals surface area contributed by atoms with Crippen LogP contribution < -0.4 is 5.32 Å². The summed E-state index contributed by atoms with van der Waals surface area (Å²) in [5, 5.41) is 13.7. The molecule has 0 atom stereocenters. The van der Waals surface area contributed by atoms with E-state index in [0.29, 0.717) is 5.56 Å². The first-order valence-corrected chi connectivity index (χ1v) is 5.29. The number of aryl methyl sites for hydroxylation is 1. The summed E-state index contributed by atoms with van der Waals surface area (Å²) >= 11 is 0. The van der Waals surface area contributed by atoms with Crippen molar-refractivity contribution in [1.82, 2.24) is 5.32 Å². The Hall–Kier alpha value is -1.91. The molecule has 0 saturated carbocycles. The van der Waals surface area contributed by atoms with Crippen LogP contribution in [0.15, 0.2) is 18.2 Å². The van der Waals surface area contributed by atoms with Crippen molar-refractivity contribution in [3.05, 3.63) is 39.4 Å². The standard InChI is InChI=1S/C12H16N2O3/c1-8-6-5-7-9(10(8)14(16)17)11(15)13-12(2,3)4/h5-7H,1-4H3,(H,13,15). The number of benzene rings is 1. The molecular weight excluding hydrogens is 220 g/mol. The van der Waals surface area contributed by atoms with Crippen molar-refractivity contribution in [1.29, 1.82) is 0 Å². The van der Waals surface area contributed by atoms with Crippen LogP contribution in [-0.2, 0) is 0 Å². The molecule has 0 heterocycles. The number of carbonyl (C=O) groups is 1. The summed E-state index contributed by atoms with van der Waals surface area (Å²) in [5.74, 6) is -0.423. The number of nitro benzene ring substituents is 1. The Bertz CT molecular complexity index is 461. The molecule has 1 aromatic carbocycles. The van der Waals surface area contributed by atoms with E-state index in [2.05, 4.69) is 5.32 Å². The number of rotatable bonds is 2. The third-order valence-corrected chi connectivity index (χ3v) is 2.15. The number of nitrogens with one attached hydrogen (secondary N) is 1. The highest BCUT2D eigenvalue weighted by Crippen LogP contribution is 2.23. The summed E-state index contributed by atoms with van der Waals surface area (Å²) in [4.78, 5) is 22.3. The third-order valence-electron chi connectivity index (χ3n) is 2.15. The van der Waals surface area contributed by atoms with Crippen molar-refractivity contribution in [2.45, 2.75) is 33.2 Å². The van der Waals surface area contributed by atoms with E-state index in [-0.39, 0.29) is 11.3 Å². The van der Waals surface area contributed by atoms with Crippen molar-refractivity contribution in [2.75, 3.05) is 0 Å². The molecular formula is C12H16N2O3. The summed E-state index contributed by atoms with van der Waals surface area (Å²) in [6, 6.07) is 4.72. The highest BCUT2D eigenvalue weighted by Gasteiger charge is 2.24. The average molecular weight is 236 g/mol. The van der Waals surface area contributed by atoms with E-state index in [1.54, 1.807) is 19.1 Å². The summed E-state index contributed by atoms with van der Waals surface area (Å²) in [7, 11) is 0. The second kappa shape index (κ2) is 4.53. The van der Waals surface area contributed by atoms with E-state index >= 15 is 0 Å². The molecule has 0 spiro atoms. The van der Waals surface area contributed by atoms with Gasteiger partial charge in [-0.05, 0) is 33.8 Å². The zero-order valence-corrected chi connectivity index (χ0v) is 10.4. The van der Waals surface area contributed by atoms with E-state index < -0.39 is 16.4 Å². The van der Waals surface area contributed by atoms with Crippen LogP contribution in [0.5, 0.6) is 0 Å². The number of para-hydroxylation sites is 1. The Morgan fingerprint density at radius 3 is 2.41 bits per heavy atom. The number of nitro groups is 1. The van der Waals surface area contributed by atoms with Crippen molar-refractivity contribution < 1.29 is 9.72 Å². The maximum absolute atomic E-state index is 11.9. The van der Waals surface area contributed by atoms with Gasteiger partial charge in [0.2, 0.25) is 0 Å². The first kappa shape index (κ1) is 13.2. The Morgan fingerprint density at radius 1 is 1.35 bits per heavy atom. The van der Waals surface area contributed by atoms with Crippen molar-refractivity contribution in [3.8, 4) is 0 Å². The lowest BCUT2D eigenvalue weighted by molar-refractivity contribution is -0.385. The van der Waals surface area contributed by atoms with Crippen LogP contribution in [0.2, 0.25) is 0 Å². The summed E-state index contributed by atoms with van der Waals surface area (Å²) < 4.78 is 0. The maximum atomic E-state index is 11.9. The Kier molecular flexibility index (Phi) is 3.50. The number of carbonyl (C=O) groups excluding carboxylic acids is 1. The molecule has 0 aliphatic heterocycles. The summed E-state index contributed by atoms with van der Waals surface area (Å²) in [6.07, 6.45) is 0. The van der Waals surface area contributed by atoms with Crippen molar-refractivity contribution in [3.63, 3.8) is 0 Å². The summed E-state index contributed by atoms with van der Waals surface area (Å²) in [6.45, 7) is 7.09. The fourth-order valence-electron chi connectivity index (χ4n) is 1.49. The normalized spacial score (nSPS) is 11.1. The number of hydrogen-bond donors (Lipinski definition) is 1. The zero-order valence-electron chi connectivity index (χ0n) is 10.4.